The van der Waals surface area contributed by atoms with E-state index in [9.17, 15) is 14.9 Å². The van der Waals surface area contributed by atoms with Crippen molar-refractivity contribution >= 4 is 28.9 Å². The minimum Gasteiger partial charge on any atom is -0.329 e. The van der Waals surface area contributed by atoms with Crippen LogP contribution >= 0.6 is 11.6 Å². The molecular formula is C11H12ClN3O3. The third kappa shape index (κ3) is 2.30. The molecule has 0 spiro atoms. The molecule has 1 saturated carbocycles. The standard InChI is InChI=1S/C11H12ClN3O3/c12-8-5-7(1-2-9(8)15(17)18)14-10(16)11(6-13)3-4-11/h1-2,5H,3-4,6,13H2,(H,14,16). The highest BCUT2D eigenvalue weighted by molar-refractivity contribution is 6.33. The smallest absolute Gasteiger partial charge is 0.288 e. The summed E-state index contributed by atoms with van der Waals surface area (Å²) in [6.07, 6.45) is 1.55. The summed E-state index contributed by atoms with van der Waals surface area (Å²) in [5.41, 5.74) is 5.33. The van der Waals surface area contributed by atoms with E-state index in [1.165, 1.54) is 18.2 Å². The molecule has 0 atom stereocenters. The Bertz CT molecular complexity index is 514. The molecule has 1 aliphatic carbocycles. The van der Waals surface area contributed by atoms with Gasteiger partial charge in [-0.25, -0.2) is 0 Å². The molecular weight excluding hydrogens is 258 g/mol. The fourth-order valence-corrected chi connectivity index (χ4v) is 1.92. The number of nitro groups is 1. The molecule has 1 aromatic carbocycles. The van der Waals surface area contributed by atoms with Crippen molar-refractivity contribution in [2.24, 2.45) is 11.1 Å². The quantitative estimate of drug-likeness (QED) is 0.644. The lowest BCUT2D eigenvalue weighted by atomic mass is 10.1. The topological polar surface area (TPSA) is 98.3 Å². The number of hydrogen-bond donors (Lipinski definition) is 2. The van der Waals surface area contributed by atoms with Crippen molar-refractivity contribution in [3.8, 4) is 0 Å². The Labute approximate surface area is 108 Å². The van der Waals surface area contributed by atoms with Crippen molar-refractivity contribution < 1.29 is 9.72 Å². The van der Waals surface area contributed by atoms with E-state index in [0.717, 1.165) is 12.8 Å². The van der Waals surface area contributed by atoms with Crippen LogP contribution in [-0.4, -0.2) is 17.4 Å². The summed E-state index contributed by atoms with van der Waals surface area (Å²) >= 11 is 5.75. The van der Waals surface area contributed by atoms with E-state index in [-0.39, 0.29) is 16.6 Å². The molecule has 0 unspecified atom stereocenters. The largest absolute Gasteiger partial charge is 0.329 e. The molecule has 0 heterocycles. The number of nitro benzene ring substituents is 1. The van der Waals surface area contributed by atoms with Gasteiger partial charge in [-0.05, 0) is 25.0 Å². The molecule has 0 saturated heterocycles. The molecule has 0 aliphatic heterocycles. The molecule has 6 nitrogen and oxygen atoms in total. The normalized spacial score (nSPS) is 16.1. The van der Waals surface area contributed by atoms with Crippen LogP contribution in [0.3, 0.4) is 0 Å². The van der Waals surface area contributed by atoms with Crippen LogP contribution < -0.4 is 11.1 Å². The van der Waals surface area contributed by atoms with E-state index < -0.39 is 10.3 Å². The van der Waals surface area contributed by atoms with Crippen molar-refractivity contribution in [1.29, 1.82) is 0 Å². The number of nitrogens with one attached hydrogen (secondary N) is 1. The zero-order valence-electron chi connectivity index (χ0n) is 9.48. The summed E-state index contributed by atoms with van der Waals surface area (Å²) in [5, 5.41) is 13.3. The van der Waals surface area contributed by atoms with Gasteiger partial charge in [-0.2, -0.15) is 0 Å². The molecule has 0 radical (unpaired) electrons. The van der Waals surface area contributed by atoms with Crippen LogP contribution in [0.5, 0.6) is 0 Å². The van der Waals surface area contributed by atoms with E-state index >= 15 is 0 Å². The van der Waals surface area contributed by atoms with Gasteiger partial charge >= 0.3 is 0 Å². The van der Waals surface area contributed by atoms with Gasteiger partial charge in [0.1, 0.15) is 5.02 Å². The molecule has 96 valence electrons. The summed E-state index contributed by atoms with van der Waals surface area (Å²) in [5.74, 6) is -0.157. The lowest BCUT2D eigenvalue weighted by molar-refractivity contribution is -0.384. The van der Waals surface area contributed by atoms with Gasteiger partial charge in [0.2, 0.25) is 5.91 Å². The Morgan fingerprint density at radius 1 is 1.56 bits per heavy atom. The zero-order chi connectivity index (χ0) is 13.3. The van der Waals surface area contributed by atoms with Crippen LogP contribution in [0.1, 0.15) is 12.8 Å². The first-order valence-corrected chi connectivity index (χ1v) is 5.82. The Kier molecular flexibility index (Phi) is 3.23. The maximum absolute atomic E-state index is 11.9. The number of carbonyl (C=O) groups is 1. The van der Waals surface area contributed by atoms with Gasteiger partial charge in [-0.3, -0.25) is 14.9 Å². The number of carbonyl (C=O) groups excluding carboxylic acids is 1. The molecule has 1 aromatic rings. The average Bonchev–Trinajstić information content (AvgIpc) is 3.09. The minimum atomic E-state index is -0.573. The van der Waals surface area contributed by atoms with Gasteiger partial charge in [-0.15, -0.1) is 0 Å². The van der Waals surface area contributed by atoms with E-state index in [4.69, 9.17) is 17.3 Å². The van der Waals surface area contributed by atoms with Gasteiger partial charge in [-0.1, -0.05) is 11.6 Å². The van der Waals surface area contributed by atoms with Gasteiger partial charge < -0.3 is 11.1 Å². The van der Waals surface area contributed by atoms with Crippen LogP contribution in [-0.2, 0) is 4.79 Å². The number of benzene rings is 1. The Balaban J connectivity index is 2.13. The minimum absolute atomic E-state index is 0.00426. The Hall–Kier alpha value is -1.66. The summed E-state index contributed by atoms with van der Waals surface area (Å²) < 4.78 is 0. The third-order valence-corrected chi connectivity index (χ3v) is 3.43. The van der Waals surface area contributed by atoms with Gasteiger partial charge in [0, 0.05) is 18.3 Å². The molecule has 1 fully saturated rings. The predicted octanol–water partition coefficient (Wildman–Crippen LogP) is 1.93. The first kappa shape index (κ1) is 12.8. The maximum Gasteiger partial charge on any atom is 0.288 e. The molecule has 0 bridgehead atoms. The molecule has 2 rings (SSSR count). The lowest BCUT2D eigenvalue weighted by Gasteiger charge is -2.12. The fraction of sp³-hybridized carbons (Fsp3) is 0.364. The molecule has 3 N–H and O–H groups in total. The number of nitrogens with two attached hydrogens (primary N) is 1. The van der Waals surface area contributed by atoms with Crippen molar-refractivity contribution in [2.75, 3.05) is 11.9 Å². The second-order valence-electron chi connectivity index (χ2n) is 4.36. The van der Waals surface area contributed by atoms with E-state index in [0.29, 0.717) is 12.2 Å². The number of rotatable bonds is 4. The molecule has 0 aromatic heterocycles. The second kappa shape index (κ2) is 4.55. The van der Waals surface area contributed by atoms with Crippen LogP contribution in [0.4, 0.5) is 11.4 Å². The summed E-state index contributed by atoms with van der Waals surface area (Å²) in [7, 11) is 0. The van der Waals surface area contributed by atoms with E-state index in [2.05, 4.69) is 5.32 Å². The van der Waals surface area contributed by atoms with Crippen LogP contribution in [0.25, 0.3) is 0 Å². The molecule has 1 amide bonds. The van der Waals surface area contributed by atoms with Gasteiger partial charge in [0.25, 0.3) is 5.69 Å². The van der Waals surface area contributed by atoms with Crippen molar-refractivity contribution in [3.63, 3.8) is 0 Å². The molecule has 1 aliphatic rings. The Morgan fingerprint density at radius 2 is 2.22 bits per heavy atom. The highest BCUT2D eigenvalue weighted by atomic mass is 35.5. The fourth-order valence-electron chi connectivity index (χ4n) is 1.67. The number of nitrogens with zero attached hydrogens (tertiary/aromatic N) is 1. The van der Waals surface area contributed by atoms with Crippen LogP contribution in [0, 0.1) is 15.5 Å². The molecule has 7 heteroatoms. The number of hydrogen-bond acceptors (Lipinski definition) is 4. The number of anilines is 1. The third-order valence-electron chi connectivity index (χ3n) is 3.13. The maximum atomic E-state index is 11.9. The van der Waals surface area contributed by atoms with Crippen LogP contribution in [0.15, 0.2) is 18.2 Å². The lowest BCUT2D eigenvalue weighted by Crippen LogP contribution is -2.30. The Morgan fingerprint density at radius 3 is 2.67 bits per heavy atom. The van der Waals surface area contributed by atoms with Gasteiger partial charge in [0.15, 0.2) is 0 Å². The van der Waals surface area contributed by atoms with E-state index in [1.54, 1.807) is 0 Å². The highest BCUT2D eigenvalue weighted by Gasteiger charge is 2.48. The van der Waals surface area contributed by atoms with Crippen LogP contribution in [0.2, 0.25) is 5.02 Å². The van der Waals surface area contributed by atoms with Crippen molar-refractivity contribution in [3.05, 3.63) is 33.3 Å². The van der Waals surface area contributed by atoms with Gasteiger partial charge in [0.05, 0.1) is 10.3 Å². The summed E-state index contributed by atoms with van der Waals surface area (Å²) in [6.45, 7) is 0.305. The zero-order valence-corrected chi connectivity index (χ0v) is 10.2. The average molecular weight is 270 g/mol. The number of halogens is 1. The SMILES string of the molecule is NCC1(C(=O)Nc2ccc([N+](=O)[O-])c(Cl)c2)CC1. The first-order chi connectivity index (χ1) is 8.48. The summed E-state index contributed by atoms with van der Waals surface area (Å²) in [4.78, 5) is 21.9. The predicted molar refractivity (Wildman–Crippen MR) is 67.5 cm³/mol. The first-order valence-electron chi connectivity index (χ1n) is 5.44. The molecule has 18 heavy (non-hydrogen) atoms. The monoisotopic (exact) mass is 269 g/mol. The highest BCUT2D eigenvalue weighted by Crippen LogP contribution is 2.45. The van der Waals surface area contributed by atoms with Crippen molar-refractivity contribution in [2.45, 2.75) is 12.8 Å². The van der Waals surface area contributed by atoms with E-state index in [1.807, 2.05) is 0 Å². The van der Waals surface area contributed by atoms with Crippen molar-refractivity contribution in [1.82, 2.24) is 0 Å². The number of amides is 1. The second-order valence-corrected chi connectivity index (χ2v) is 4.77. The summed E-state index contributed by atoms with van der Waals surface area (Å²) in [6, 6.07) is 4.08.